The van der Waals surface area contributed by atoms with Crippen LogP contribution < -0.4 is 15.4 Å². The van der Waals surface area contributed by atoms with E-state index in [4.69, 9.17) is 4.74 Å². The summed E-state index contributed by atoms with van der Waals surface area (Å²) in [4.78, 5) is 54.5. The van der Waals surface area contributed by atoms with Crippen LogP contribution >= 0.6 is 0 Å². The number of imide groups is 1. The topological polar surface area (TPSA) is 156 Å². The molecule has 0 aliphatic carbocycles. The fraction of sp³-hybridized carbons (Fsp3) is 0.405. The molecule has 3 amide bonds. The molecule has 0 saturated carbocycles. The Balaban J connectivity index is 0.961. The number of amides is 3. The average molecular weight is 667 g/mol. The SMILES string of the molecule is Cc1c(O[C@H](C)CCC2CCN(CC(=O)Nc3ccc4c(C5CCC(=O)NC5=O)nn(C)c4c3)CC2)cccc1-c1ccnc(C(=O)O)c1. The summed E-state index contributed by atoms with van der Waals surface area (Å²) in [6.45, 7) is 6.10. The molecule has 2 aromatic carbocycles. The minimum Gasteiger partial charge on any atom is -0.490 e. The van der Waals surface area contributed by atoms with Gasteiger partial charge in [-0.15, -0.1) is 0 Å². The second-order valence-corrected chi connectivity index (χ2v) is 13.2. The maximum Gasteiger partial charge on any atom is 0.354 e. The van der Waals surface area contributed by atoms with Crippen LogP contribution in [0.25, 0.3) is 22.0 Å². The van der Waals surface area contributed by atoms with Gasteiger partial charge in [-0.25, -0.2) is 9.78 Å². The Kier molecular flexibility index (Phi) is 10.0. The number of nitrogens with zero attached hydrogens (tertiary/aromatic N) is 4. The third kappa shape index (κ3) is 7.80. The fourth-order valence-corrected chi connectivity index (χ4v) is 6.93. The van der Waals surface area contributed by atoms with Crippen molar-refractivity contribution in [1.82, 2.24) is 25.0 Å². The summed E-state index contributed by atoms with van der Waals surface area (Å²) in [5.74, 6) is -0.830. The molecule has 0 bridgehead atoms. The van der Waals surface area contributed by atoms with Gasteiger partial charge in [0, 0.05) is 30.7 Å². The number of hydrogen-bond acceptors (Lipinski definition) is 8. The maximum atomic E-state index is 13.0. The Morgan fingerprint density at radius 3 is 2.65 bits per heavy atom. The van der Waals surface area contributed by atoms with Crippen molar-refractivity contribution in [3.63, 3.8) is 0 Å². The van der Waals surface area contributed by atoms with E-state index in [9.17, 15) is 24.3 Å². The van der Waals surface area contributed by atoms with Gasteiger partial charge in [0.05, 0.1) is 29.8 Å². The van der Waals surface area contributed by atoms with E-state index in [1.165, 1.54) is 6.20 Å². The summed E-state index contributed by atoms with van der Waals surface area (Å²) >= 11 is 0. The number of aryl methyl sites for hydroxylation is 1. The van der Waals surface area contributed by atoms with Crippen LogP contribution in [0.2, 0.25) is 0 Å². The van der Waals surface area contributed by atoms with E-state index in [-0.39, 0.29) is 35.9 Å². The quantitative estimate of drug-likeness (QED) is 0.186. The molecule has 2 saturated heterocycles. The first-order valence-electron chi connectivity index (χ1n) is 16.8. The zero-order valence-electron chi connectivity index (χ0n) is 28.1. The van der Waals surface area contributed by atoms with E-state index in [2.05, 4.69) is 32.5 Å². The highest BCUT2D eigenvalue weighted by Gasteiger charge is 2.31. The summed E-state index contributed by atoms with van der Waals surface area (Å²) < 4.78 is 8.06. The summed E-state index contributed by atoms with van der Waals surface area (Å²) in [6.07, 6.45) is 6.24. The Labute approximate surface area is 284 Å². The van der Waals surface area contributed by atoms with Crippen molar-refractivity contribution >= 4 is 40.3 Å². The molecule has 2 aliphatic heterocycles. The number of hydrogen-bond donors (Lipinski definition) is 3. The number of aromatic nitrogens is 3. The number of piperidine rings is 2. The van der Waals surface area contributed by atoms with Crippen molar-refractivity contribution < 1.29 is 29.0 Å². The number of carboxylic acid groups (broad SMARTS) is 1. The molecule has 0 radical (unpaired) electrons. The van der Waals surface area contributed by atoms with Crippen LogP contribution in [0.5, 0.6) is 5.75 Å². The number of carbonyl (C=O) groups excluding carboxylic acids is 3. The second kappa shape index (κ2) is 14.6. The zero-order chi connectivity index (χ0) is 34.7. The standard InChI is InChI=1S/C37H42N6O6/c1-22(49-32-6-4-5-27(23(32)2)25-13-16-38-30(19-25)37(47)48)7-8-24-14-17-43(18-15-24)21-34(45)39-26-9-10-28-31(20-26)42(3)41-35(28)29-11-12-33(44)40-36(29)46/h4-6,9-10,13,16,19-20,22,24,29H,7-8,11-12,14-15,17-18,21H2,1-3H3,(H,39,45)(H,47,48)(H,40,44,46)/t22-,29?/m1/s1. The number of pyridine rings is 1. The Morgan fingerprint density at radius 1 is 1.10 bits per heavy atom. The van der Waals surface area contributed by atoms with Crippen LogP contribution in [0.3, 0.4) is 0 Å². The molecule has 12 nitrogen and oxygen atoms in total. The Bertz CT molecular complexity index is 1900. The van der Waals surface area contributed by atoms with Gasteiger partial charge in [-0.3, -0.25) is 29.3 Å². The molecule has 256 valence electrons. The van der Waals surface area contributed by atoms with E-state index in [0.29, 0.717) is 30.3 Å². The predicted octanol–water partition coefficient (Wildman–Crippen LogP) is 5.06. The Morgan fingerprint density at radius 2 is 1.90 bits per heavy atom. The van der Waals surface area contributed by atoms with Crippen molar-refractivity contribution in [2.75, 3.05) is 25.0 Å². The molecule has 12 heteroatoms. The van der Waals surface area contributed by atoms with Crippen molar-refractivity contribution in [2.45, 2.75) is 64.4 Å². The summed E-state index contributed by atoms with van der Waals surface area (Å²) in [6, 6.07) is 14.8. The number of carboxylic acids is 1. The summed E-state index contributed by atoms with van der Waals surface area (Å²) in [7, 11) is 1.81. The lowest BCUT2D eigenvalue weighted by Gasteiger charge is -2.32. The van der Waals surface area contributed by atoms with Crippen LogP contribution in [0, 0.1) is 12.8 Å². The number of rotatable bonds is 11. The van der Waals surface area contributed by atoms with Crippen LogP contribution in [0.15, 0.2) is 54.7 Å². The van der Waals surface area contributed by atoms with Gasteiger partial charge in [-0.1, -0.05) is 12.1 Å². The van der Waals surface area contributed by atoms with E-state index in [1.807, 2.05) is 50.4 Å². The van der Waals surface area contributed by atoms with Crippen molar-refractivity contribution in [3.8, 4) is 16.9 Å². The highest BCUT2D eigenvalue weighted by molar-refractivity contribution is 6.03. The van der Waals surface area contributed by atoms with Gasteiger partial charge < -0.3 is 15.2 Å². The summed E-state index contributed by atoms with van der Waals surface area (Å²) in [5.41, 5.74) is 4.80. The third-order valence-electron chi connectivity index (χ3n) is 9.69. The van der Waals surface area contributed by atoms with E-state index < -0.39 is 11.9 Å². The van der Waals surface area contributed by atoms with Gasteiger partial charge in [0.25, 0.3) is 0 Å². The molecule has 6 rings (SSSR count). The number of anilines is 1. The number of likely N-dealkylation sites (tertiary alicyclic amines) is 1. The number of aromatic carboxylic acids is 1. The number of ether oxygens (including phenoxy) is 1. The smallest absolute Gasteiger partial charge is 0.354 e. The molecular formula is C37H42N6O6. The number of nitrogens with one attached hydrogen (secondary N) is 2. The average Bonchev–Trinajstić information content (AvgIpc) is 3.40. The zero-order valence-corrected chi connectivity index (χ0v) is 28.1. The van der Waals surface area contributed by atoms with Crippen LogP contribution in [0.4, 0.5) is 5.69 Å². The number of benzene rings is 2. The van der Waals surface area contributed by atoms with Gasteiger partial charge in [0.2, 0.25) is 17.7 Å². The first kappa shape index (κ1) is 33.8. The predicted molar refractivity (Wildman–Crippen MR) is 184 cm³/mol. The van der Waals surface area contributed by atoms with Gasteiger partial charge in [-0.05, 0) is 118 Å². The highest BCUT2D eigenvalue weighted by Crippen LogP contribution is 2.33. The van der Waals surface area contributed by atoms with Gasteiger partial charge in [0.15, 0.2) is 0 Å². The molecule has 3 N–H and O–H groups in total. The van der Waals surface area contributed by atoms with Gasteiger partial charge >= 0.3 is 5.97 Å². The summed E-state index contributed by atoms with van der Waals surface area (Å²) in [5, 5.41) is 20.2. The number of fused-ring (bicyclic) bond motifs is 1. The molecule has 4 heterocycles. The molecule has 2 aliphatic rings. The lowest BCUT2D eigenvalue weighted by Crippen LogP contribution is -2.39. The van der Waals surface area contributed by atoms with Crippen molar-refractivity contribution in [2.24, 2.45) is 13.0 Å². The van der Waals surface area contributed by atoms with Gasteiger partial charge in [0.1, 0.15) is 11.4 Å². The second-order valence-electron chi connectivity index (χ2n) is 13.2. The van der Waals surface area contributed by atoms with Crippen molar-refractivity contribution in [3.05, 3.63) is 71.7 Å². The van der Waals surface area contributed by atoms with Gasteiger partial charge in [-0.2, -0.15) is 5.10 Å². The molecule has 2 atom stereocenters. The molecule has 1 unspecified atom stereocenters. The monoisotopic (exact) mass is 666 g/mol. The first-order chi connectivity index (χ1) is 23.5. The molecule has 2 fully saturated rings. The van der Waals surface area contributed by atoms with Crippen LogP contribution in [-0.4, -0.2) is 74.2 Å². The molecule has 49 heavy (non-hydrogen) atoms. The maximum absolute atomic E-state index is 13.0. The fourth-order valence-electron chi connectivity index (χ4n) is 6.93. The lowest BCUT2D eigenvalue weighted by molar-refractivity contribution is -0.134. The van der Waals surface area contributed by atoms with E-state index in [0.717, 1.165) is 72.1 Å². The molecule has 4 aromatic rings. The lowest BCUT2D eigenvalue weighted by atomic mass is 9.91. The minimum absolute atomic E-state index is 0.00867. The highest BCUT2D eigenvalue weighted by atomic mass is 16.5. The Hall–Kier alpha value is -5.10. The largest absolute Gasteiger partial charge is 0.490 e. The minimum atomic E-state index is -1.06. The first-order valence-corrected chi connectivity index (χ1v) is 16.8. The van der Waals surface area contributed by atoms with E-state index >= 15 is 0 Å². The third-order valence-corrected chi connectivity index (χ3v) is 9.69. The van der Waals surface area contributed by atoms with Crippen molar-refractivity contribution in [1.29, 1.82) is 0 Å². The van der Waals surface area contributed by atoms with Crippen LogP contribution in [0.1, 0.15) is 73.1 Å². The molecular weight excluding hydrogens is 624 g/mol. The van der Waals surface area contributed by atoms with E-state index in [1.54, 1.807) is 16.8 Å². The van der Waals surface area contributed by atoms with Crippen LogP contribution in [-0.2, 0) is 21.4 Å². The number of carbonyl (C=O) groups is 4. The molecule has 0 spiro atoms. The molecule has 2 aromatic heterocycles. The normalized spacial score (nSPS) is 17.9.